The summed E-state index contributed by atoms with van der Waals surface area (Å²) < 4.78 is 0. The molecule has 1 aliphatic rings. The molecule has 3 atom stereocenters. The van der Waals surface area contributed by atoms with Gasteiger partial charge < -0.3 is 10.6 Å². The van der Waals surface area contributed by atoms with Gasteiger partial charge in [-0.3, -0.25) is 4.79 Å². The van der Waals surface area contributed by atoms with E-state index in [0.717, 1.165) is 31.7 Å². The lowest BCUT2D eigenvalue weighted by molar-refractivity contribution is -0.133. The Kier molecular flexibility index (Phi) is 5.62. The predicted octanol–water partition coefficient (Wildman–Crippen LogP) is 1.71. The van der Waals surface area contributed by atoms with Crippen LogP contribution in [-0.4, -0.2) is 40.9 Å². The Morgan fingerprint density at radius 3 is 2.81 bits per heavy atom. The maximum atomic E-state index is 12.2. The van der Waals surface area contributed by atoms with Gasteiger partial charge in [0.2, 0.25) is 5.91 Å². The molecule has 0 aromatic rings. The van der Waals surface area contributed by atoms with E-state index in [9.17, 15) is 4.79 Å². The molecule has 16 heavy (non-hydrogen) atoms. The number of hydrogen-bond donors (Lipinski definition) is 1. The number of carbonyl (C=O) groups is 1. The van der Waals surface area contributed by atoms with Crippen molar-refractivity contribution in [3.8, 4) is 0 Å². The van der Waals surface area contributed by atoms with Gasteiger partial charge in [0.25, 0.3) is 0 Å². The summed E-state index contributed by atoms with van der Waals surface area (Å²) in [6.07, 6.45) is 2.10. The summed E-state index contributed by atoms with van der Waals surface area (Å²) in [6, 6.07) is -0.314. The summed E-state index contributed by atoms with van der Waals surface area (Å²) in [6.45, 7) is 8.06. The fraction of sp³-hybridized carbons (Fsp3) is 0.917. The minimum atomic E-state index is -0.314. The number of nitrogens with two attached hydrogens (primary N) is 1. The van der Waals surface area contributed by atoms with Crippen molar-refractivity contribution >= 4 is 17.7 Å². The van der Waals surface area contributed by atoms with Gasteiger partial charge in [0.15, 0.2) is 0 Å². The molecule has 0 bridgehead atoms. The third-order valence-electron chi connectivity index (χ3n) is 3.45. The van der Waals surface area contributed by atoms with E-state index in [2.05, 4.69) is 20.8 Å². The van der Waals surface area contributed by atoms with Gasteiger partial charge in [0, 0.05) is 24.1 Å². The molecule has 1 aliphatic heterocycles. The van der Waals surface area contributed by atoms with Crippen LogP contribution in [0.3, 0.4) is 0 Å². The highest BCUT2D eigenvalue weighted by molar-refractivity contribution is 8.00. The number of nitrogens with zero attached hydrogens (tertiary/aromatic N) is 1. The Morgan fingerprint density at radius 1 is 1.56 bits per heavy atom. The molecule has 1 rings (SSSR count). The van der Waals surface area contributed by atoms with Crippen molar-refractivity contribution in [2.75, 3.05) is 18.8 Å². The first-order valence-electron chi connectivity index (χ1n) is 6.26. The summed E-state index contributed by atoms with van der Waals surface area (Å²) in [4.78, 5) is 14.1. The quantitative estimate of drug-likeness (QED) is 0.819. The third kappa shape index (κ3) is 3.39. The normalized spacial score (nSPS) is 25.2. The Bertz CT molecular complexity index is 235. The minimum Gasteiger partial charge on any atom is -0.339 e. The maximum Gasteiger partial charge on any atom is 0.239 e. The lowest BCUT2D eigenvalue weighted by Crippen LogP contribution is -2.51. The van der Waals surface area contributed by atoms with Crippen LogP contribution in [0.2, 0.25) is 0 Å². The molecule has 0 aliphatic carbocycles. The van der Waals surface area contributed by atoms with E-state index in [0.29, 0.717) is 5.25 Å². The predicted molar refractivity (Wildman–Crippen MR) is 70.5 cm³/mol. The monoisotopic (exact) mass is 244 g/mol. The van der Waals surface area contributed by atoms with Crippen LogP contribution in [0, 0.1) is 5.92 Å². The van der Waals surface area contributed by atoms with E-state index < -0.39 is 0 Å². The molecule has 1 fully saturated rings. The summed E-state index contributed by atoms with van der Waals surface area (Å²) in [5, 5.41) is 0.599. The number of carbonyl (C=O) groups excluding carboxylic acids is 1. The second kappa shape index (κ2) is 6.50. The minimum absolute atomic E-state index is 0.146. The van der Waals surface area contributed by atoms with E-state index in [1.807, 2.05) is 16.7 Å². The molecule has 0 aromatic heterocycles. The van der Waals surface area contributed by atoms with Crippen LogP contribution in [0.25, 0.3) is 0 Å². The van der Waals surface area contributed by atoms with Crippen molar-refractivity contribution in [3.05, 3.63) is 0 Å². The molecule has 0 aromatic carbocycles. The largest absolute Gasteiger partial charge is 0.339 e. The summed E-state index contributed by atoms with van der Waals surface area (Å²) in [7, 11) is 0. The molecule has 1 saturated heterocycles. The molecule has 94 valence electrons. The Hall–Kier alpha value is -0.220. The van der Waals surface area contributed by atoms with E-state index in [1.54, 1.807) is 0 Å². The zero-order valence-corrected chi connectivity index (χ0v) is 11.4. The molecule has 0 saturated carbocycles. The highest BCUT2D eigenvalue weighted by Gasteiger charge is 2.28. The van der Waals surface area contributed by atoms with Crippen LogP contribution >= 0.6 is 11.8 Å². The van der Waals surface area contributed by atoms with Crippen molar-refractivity contribution in [2.24, 2.45) is 11.7 Å². The average Bonchev–Trinajstić information content (AvgIpc) is 2.36. The van der Waals surface area contributed by atoms with Gasteiger partial charge in [-0.1, -0.05) is 27.2 Å². The van der Waals surface area contributed by atoms with Gasteiger partial charge in [-0.15, -0.1) is 0 Å². The van der Waals surface area contributed by atoms with Crippen LogP contribution in [0.4, 0.5) is 0 Å². The van der Waals surface area contributed by atoms with E-state index in [1.165, 1.54) is 0 Å². The van der Waals surface area contributed by atoms with Crippen LogP contribution in [0.1, 0.15) is 33.6 Å². The Morgan fingerprint density at radius 2 is 2.25 bits per heavy atom. The molecular weight excluding hydrogens is 220 g/mol. The first kappa shape index (κ1) is 13.8. The van der Waals surface area contributed by atoms with Crippen LogP contribution < -0.4 is 5.73 Å². The Balaban J connectivity index is 2.52. The van der Waals surface area contributed by atoms with Gasteiger partial charge in [-0.2, -0.15) is 11.8 Å². The molecular formula is C12H24N2OS. The van der Waals surface area contributed by atoms with Crippen molar-refractivity contribution in [1.82, 2.24) is 4.90 Å². The van der Waals surface area contributed by atoms with Crippen LogP contribution in [-0.2, 0) is 4.79 Å². The average molecular weight is 244 g/mol. The van der Waals surface area contributed by atoms with E-state index >= 15 is 0 Å². The van der Waals surface area contributed by atoms with E-state index in [-0.39, 0.29) is 17.9 Å². The third-order valence-corrected chi connectivity index (χ3v) is 4.82. The van der Waals surface area contributed by atoms with Gasteiger partial charge in [-0.25, -0.2) is 0 Å². The highest BCUT2D eigenvalue weighted by Crippen LogP contribution is 2.22. The van der Waals surface area contributed by atoms with Crippen molar-refractivity contribution in [2.45, 2.75) is 44.9 Å². The topological polar surface area (TPSA) is 46.3 Å². The second-order valence-corrected chi connectivity index (χ2v) is 6.00. The number of amides is 1. The number of hydrogen-bond acceptors (Lipinski definition) is 3. The van der Waals surface area contributed by atoms with Gasteiger partial charge >= 0.3 is 0 Å². The highest BCUT2D eigenvalue weighted by atomic mass is 32.2. The molecule has 1 heterocycles. The standard InChI is InChI=1S/C12H24N2OS/c1-4-9(3)11(13)12(15)14-6-7-16-10(5-2)8-14/h9-11H,4-8,13H2,1-3H3. The fourth-order valence-corrected chi connectivity index (χ4v) is 3.05. The van der Waals surface area contributed by atoms with Crippen LogP contribution in [0.15, 0.2) is 0 Å². The maximum absolute atomic E-state index is 12.2. The van der Waals surface area contributed by atoms with Crippen molar-refractivity contribution in [3.63, 3.8) is 0 Å². The smallest absolute Gasteiger partial charge is 0.239 e. The second-order valence-electron chi connectivity index (χ2n) is 4.60. The van der Waals surface area contributed by atoms with Gasteiger partial charge in [-0.05, 0) is 12.3 Å². The zero-order chi connectivity index (χ0) is 12.1. The van der Waals surface area contributed by atoms with Gasteiger partial charge in [0.1, 0.15) is 0 Å². The molecule has 3 nitrogen and oxygen atoms in total. The van der Waals surface area contributed by atoms with Crippen molar-refractivity contribution < 1.29 is 4.79 Å². The Labute approximate surface area is 103 Å². The lowest BCUT2D eigenvalue weighted by Gasteiger charge is -2.34. The fourth-order valence-electron chi connectivity index (χ4n) is 1.87. The summed E-state index contributed by atoms with van der Waals surface area (Å²) in [5.74, 6) is 1.48. The SMILES string of the molecule is CCC1CN(C(=O)C(N)C(C)CC)CCS1. The zero-order valence-electron chi connectivity index (χ0n) is 10.6. The molecule has 0 radical (unpaired) electrons. The van der Waals surface area contributed by atoms with Crippen LogP contribution in [0.5, 0.6) is 0 Å². The molecule has 0 spiro atoms. The van der Waals surface area contributed by atoms with E-state index in [4.69, 9.17) is 5.73 Å². The lowest BCUT2D eigenvalue weighted by atomic mass is 9.99. The first-order chi connectivity index (χ1) is 7.60. The summed E-state index contributed by atoms with van der Waals surface area (Å²) in [5.41, 5.74) is 5.99. The number of rotatable bonds is 4. The molecule has 1 amide bonds. The molecule has 3 unspecified atom stereocenters. The first-order valence-corrected chi connectivity index (χ1v) is 7.30. The molecule has 4 heteroatoms. The number of thioether (sulfide) groups is 1. The summed E-state index contributed by atoms with van der Waals surface area (Å²) >= 11 is 1.98. The van der Waals surface area contributed by atoms with Crippen molar-refractivity contribution in [1.29, 1.82) is 0 Å². The van der Waals surface area contributed by atoms with Gasteiger partial charge in [0.05, 0.1) is 6.04 Å². The molecule has 2 N–H and O–H groups in total.